The van der Waals surface area contributed by atoms with Gasteiger partial charge in [0.2, 0.25) is 0 Å². The molecule has 0 radical (unpaired) electrons. The van der Waals surface area contributed by atoms with Gasteiger partial charge in [-0.2, -0.15) is 0 Å². The average molecular weight is 453 g/mol. The van der Waals surface area contributed by atoms with Gasteiger partial charge in [0.05, 0.1) is 7.11 Å². The number of rotatable bonds is 7. The number of hydrogen-bond acceptors (Lipinski definition) is 1. The Kier molecular flexibility index (Phi) is 7.42. The van der Waals surface area contributed by atoms with E-state index in [9.17, 15) is 13.2 Å². The molecule has 1 unspecified atom stereocenters. The Hall–Kier alpha value is -2.75. The largest absolute Gasteiger partial charge is 0.497 e. The predicted octanol–water partition coefficient (Wildman–Crippen LogP) is 8.18. The van der Waals surface area contributed by atoms with Gasteiger partial charge in [-0.25, -0.2) is 13.2 Å². The van der Waals surface area contributed by atoms with E-state index in [0.717, 1.165) is 43.2 Å². The molecule has 2 aromatic carbocycles. The lowest BCUT2D eigenvalue weighted by Crippen LogP contribution is -2.15. The van der Waals surface area contributed by atoms with Crippen LogP contribution in [0.1, 0.15) is 67.1 Å². The van der Waals surface area contributed by atoms with E-state index >= 15 is 0 Å². The maximum absolute atomic E-state index is 14.8. The molecule has 2 aromatic rings. The van der Waals surface area contributed by atoms with Crippen LogP contribution in [0.2, 0.25) is 0 Å². The molecule has 0 N–H and O–H groups in total. The Bertz CT molecular complexity index is 1060. The van der Waals surface area contributed by atoms with Gasteiger partial charge in [0.15, 0.2) is 11.6 Å². The zero-order chi connectivity index (χ0) is 23.4. The fourth-order valence-corrected chi connectivity index (χ4v) is 5.19. The van der Waals surface area contributed by atoms with Crippen molar-refractivity contribution in [2.45, 2.75) is 56.8 Å². The Morgan fingerprint density at radius 3 is 2.39 bits per heavy atom. The van der Waals surface area contributed by atoms with Crippen LogP contribution >= 0.6 is 0 Å². The lowest BCUT2D eigenvalue weighted by Gasteiger charge is -2.29. The molecule has 0 aromatic heterocycles. The molecule has 4 heteroatoms. The van der Waals surface area contributed by atoms with E-state index in [1.165, 1.54) is 13.2 Å². The minimum absolute atomic E-state index is 0.147. The smallest absolute Gasteiger partial charge is 0.162 e. The highest BCUT2D eigenvalue weighted by atomic mass is 19.2. The quantitative estimate of drug-likeness (QED) is 0.412. The molecular formula is C29H31F3O. The van der Waals surface area contributed by atoms with Crippen molar-refractivity contribution in [3.8, 4) is 5.75 Å². The van der Waals surface area contributed by atoms with Gasteiger partial charge in [-0.15, -0.1) is 0 Å². The van der Waals surface area contributed by atoms with Crippen molar-refractivity contribution in [2.24, 2.45) is 5.92 Å². The van der Waals surface area contributed by atoms with Crippen LogP contribution in [0.5, 0.6) is 5.75 Å². The lowest BCUT2D eigenvalue weighted by atomic mass is 9.76. The second-order valence-electron chi connectivity index (χ2n) is 9.20. The van der Waals surface area contributed by atoms with E-state index < -0.39 is 11.6 Å². The second kappa shape index (κ2) is 10.5. The number of allylic oxidation sites excluding steroid dienone is 5. The van der Waals surface area contributed by atoms with E-state index in [-0.39, 0.29) is 17.7 Å². The van der Waals surface area contributed by atoms with Crippen LogP contribution in [-0.4, -0.2) is 7.11 Å². The van der Waals surface area contributed by atoms with Crippen molar-refractivity contribution in [1.29, 1.82) is 0 Å². The van der Waals surface area contributed by atoms with Gasteiger partial charge >= 0.3 is 0 Å². The predicted molar refractivity (Wildman–Crippen MR) is 127 cm³/mol. The van der Waals surface area contributed by atoms with E-state index in [0.29, 0.717) is 35.6 Å². The third kappa shape index (κ3) is 5.26. The van der Waals surface area contributed by atoms with Crippen LogP contribution in [0.3, 0.4) is 0 Å². The molecule has 0 aliphatic heterocycles. The van der Waals surface area contributed by atoms with Crippen molar-refractivity contribution < 1.29 is 17.9 Å². The molecule has 2 aliphatic rings. The molecule has 1 saturated carbocycles. The number of methoxy groups -OCH3 is 1. The Morgan fingerprint density at radius 2 is 1.76 bits per heavy atom. The summed E-state index contributed by atoms with van der Waals surface area (Å²) in [4.78, 5) is 0. The van der Waals surface area contributed by atoms with E-state index in [1.807, 2.05) is 30.4 Å². The first-order chi connectivity index (χ1) is 16.0. The molecule has 1 fully saturated rings. The highest BCUT2D eigenvalue weighted by molar-refractivity contribution is 5.39. The summed E-state index contributed by atoms with van der Waals surface area (Å²) in [5, 5.41) is 0. The molecule has 1 atom stereocenters. The topological polar surface area (TPSA) is 9.23 Å². The molecule has 2 aliphatic carbocycles. The van der Waals surface area contributed by atoms with E-state index in [4.69, 9.17) is 4.74 Å². The molecule has 0 bridgehead atoms. The van der Waals surface area contributed by atoms with Crippen molar-refractivity contribution in [1.82, 2.24) is 0 Å². The summed E-state index contributed by atoms with van der Waals surface area (Å²) >= 11 is 0. The zero-order valence-corrected chi connectivity index (χ0v) is 19.1. The molecule has 4 rings (SSSR count). The van der Waals surface area contributed by atoms with Crippen molar-refractivity contribution >= 4 is 0 Å². The summed E-state index contributed by atoms with van der Waals surface area (Å²) in [5.41, 5.74) is 2.62. The highest BCUT2D eigenvalue weighted by Crippen LogP contribution is 2.39. The van der Waals surface area contributed by atoms with Crippen LogP contribution in [0.4, 0.5) is 13.2 Å². The third-order valence-corrected chi connectivity index (χ3v) is 7.27. The molecule has 0 heterocycles. The number of aryl methyl sites for hydroxylation is 1. The summed E-state index contributed by atoms with van der Waals surface area (Å²) in [7, 11) is 1.53. The minimum atomic E-state index is -0.726. The van der Waals surface area contributed by atoms with Gasteiger partial charge in [0, 0.05) is 12.0 Å². The van der Waals surface area contributed by atoms with E-state index in [1.54, 1.807) is 18.2 Å². The third-order valence-electron chi connectivity index (χ3n) is 7.27. The normalized spacial score (nSPS) is 22.7. The average Bonchev–Trinajstić information content (AvgIpc) is 2.85. The number of halogens is 3. The zero-order valence-electron chi connectivity index (χ0n) is 19.1. The van der Waals surface area contributed by atoms with Gasteiger partial charge in [0.25, 0.3) is 0 Å². The van der Waals surface area contributed by atoms with Gasteiger partial charge in [0.1, 0.15) is 11.6 Å². The standard InChI is InChI=1S/C29H31F3O/c1-3-19-4-9-22(10-5-19)26-16-14-23(28(31)29(26)32)13-8-20-6-11-21(12-7-20)25-17-15-24(33-2)18-27(25)30/h3-5,9,14-18,20-22H,1,6-8,10-13H2,2H3. The number of benzene rings is 2. The van der Waals surface area contributed by atoms with Gasteiger partial charge in [-0.1, -0.05) is 49.1 Å². The first kappa shape index (κ1) is 23.4. The monoisotopic (exact) mass is 452 g/mol. The van der Waals surface area contributed by atoms with Crippen molar-refractivity contribution in [2.75, 3.05) is 7.11 Å². The van der Waals surface area contributed by atoms with E-state index in [2.05, 4.69) is 6.58 Å². The second-order valence-corrected chi connectivity index (χ2v) is 9.20. The molecule has 0 spiro atoms. The summed E-state index contributed by atoms with van der Waals surface area (Å²) in [6.07, 6.45) is 13.3. The maximum Gasteiger partial charge on any atom is 0.162 e. The van der Waals surface area contributed by atoms with Crippen LogP contribution < -0.4 is 4.74 Å². The Morgan fingerprint density at radius 1 is 1.00 bits per heavy atom. The fourth-order valence-electron chi connectivity index (χ4n) is 5.19. The molecule has 174 valence electrons. The first-order valence-electron chi connectivity index (χ1n) is 11.8. The summed E-state index contributed by atoms with van der Waals surface area (Å²) in [5.74, 6) is -0.606. The fraction of sp³-hybridized carbons (Fsp3) is 0.379. The molecule has 1 nitrogen and oxygen atoms in total. The minimum Gasteiger partial charge on any atom is -0.497 e. The summed E-state index contributed by atoms with van der Waals surface area (Å²) in [6.45, 7) is 3.74. The highest BCUT2D eigenvalue weighted by Gasteiger charge is 2.25. The van der Waals surface area contributed by atoms with Crippen LogP contribution in [-0.2, 0) is 6.42 Å². The van der Waals surface area contributed by atoms with Crippen LogP contribution in [0.15, 0.2) is 66.8 Å². The summed E-state index contributed by atoms with van der Waals surface area (Å²) in [6, 6.07) is 8.56. The lowest BCUT2D eigenvalue weighted by molar-refractivity contribution is 0.305. The Balaban J connectivity index is 1.33. The van der Waals surface area contributed by atoms with Crippen LogP contribution in [0, 0.1) is 23.4 Å². The maximum atomic E-state index is 14.8. The number of hydrogen-bond donors (Lipinski definition) is 0. The Labute approximate surface area is 194 Å². The van der Waals surface area contributed by atoms with Gasteiger partial charge in [-0.3, -0.25) is 0 Å². The first-order valence-corrected chi connectivity index (χ1v) is 11.8. The van der Waals surface area contributed by atoms with Gasteiger partial charge in [-0.05, 0) is 85.1 Å². The molecular weight excluding hydrogens is 421 g/mol. The molecule has 33 heavy (non-hydrogen) atoms. The SMILES string of the molecule is C=CC1=CCC(c2ccc(CCC3CCC(c4ccc(OC)cc4F)CC3)c(F)c2F)C=C1. The number of ether oxygens (including phenoxy) is 1. The van der Waals surface area contributed by atoms with Crippen LogP contribution in [0.25, 0.3) is 0 Å². The van der Waals surface area contributed by atoms with Crippen molar-refractivity contribution in [3.05, 3.63) is 101 Å². The molecule has 0 saturated heterocycles. The van der Waals surface area contributed by atoms with Crippen molar-refractivity contribution in [3.63, 3.8) is 0 Å². The summed E-state index contributed by atoms with van der Waals surface area (Å²) < 4.78 is 49.1. The van der Waals surface area contributed by atoms with Gasteiger partial charge < -0.3 is 4.74 Å². The molecule has 0 amide bonds.